The summed E-state index contributed by atoms with van der Waals surface area (Å²) in [6.07, 6.45) is 1.64. The molecule has 25 heavy (non-hydrogen) atoms. The minimum atomic E-state index is -0.306. The number of hydrogen-bond acceptors (Lipinski definition) is 3. The minimum Gasteiger partial charge on any atom is -0.445 e. The first-order valence-electron chi connectivity index (χ1n) is 8.82. The smallest absolute Gasteiger partial charge is 0.410 e. The topological polar surface area (TPSA) is 49.9 Å². The third-order valence-corrected chi connectivity index (χ3v) is 4.73. The second-order valence-corrected chi connectivity index (χ2v) is 7.04. The van der Waals surface area contributed by atoms with E-state index in [1.807, 2.05) is 44.2 Å². The maximum Gasteiger partial charge on any atom is 0.410 e. The second-order valence-electron chi connectivity index (χ2n) is 6.77. The third kappa shape index (κ3) is 5.92. The SMILES string of the molecule is CC(C)N(C[C@@H]1CCCN(C(=O)CCl)C1)C(=O)OCc1ccccc1. The van der Waals surface area contributed by atoms with Crippen LogP contribution in [0.2, 0.25) is 0 Å². The standard InChI is InChI=1S/C19H27ClN2O3/c1-15(2)22(19(24)25-14-16-7-4-3-5-8-16)13-17-9-6-10-21(12-17)18(23)11-20/h3-5,7-8,15,17H,6,9-14H2,1-2H3/t17-/m1/s1. The molecule has 0 saturated carbocycles. The van der Waals surface area contributed by atoms with E-state index in [1.165, 1.54) is 0 Å². The van der Waals surface area contributed by atoms with E-state index in [9.17, 15) is 9.59 Å². The van der Waals surface area contributed by atoms with Gasteiger partial charge in [-0.25, -0.2) is 4.79 Å². The average molecular weight is 367 g/mol. The predicted octanol–water partition coefficient (Wildman–Crippen LogP) is 3.51. The first-order valence-corrected chi connectivity index (χ1v) is 9.35. The number of rotatable bonds is 6. The predicted molar refractivity (Wildman–Crippen MR) is 98.5 cm³/mol. The summed E-state index contributed by atoms with van der Waals surface area (Å²) in [4.78, 5) is 27.9. The Balaban J connectivity index is 1.91. The largest absolute Gasteiger partial charge is 0.445 e. The Morgan fingerprint density at radius 3 is 2.68 bits per heavy atom. The van der Waals surface area contributed by atoms with Crippen LogP contribution in [0, 0.1) is 5.92 Å². The summed E-state index contributed by atoms with van der Waals surface area (Å²) in [5.41, 5.74) is 0.969. The molecule has 2 rings (SSSR count). The fraction of sp³-hybridized carbons (Fsp3) is 0.579. The van der Waals surface area contributed by atoms with Gasteiger partial charge in [0, 0.05) is 25.7 Å². The zero-order valence-corrected chi connectivity index (χ0v) is 15.7. The number of nitrogens with zero attached hydrogens (tertiary/aromatic N) is 2. The van der Waals surface area contributed by atoms with Crippen molar-refractivity contribution in [2.75, 3.05) is 25.5 Å². The number of benzene rings is 1. The maximum absolute atomic E-state index is 12.5. The van der Waals surface area contributed by atoms with Crippen molar-refractivity contribution in [3.05, 3.63) is 35.9 Å². The van der Waals surface area contributed by atoms with E-state index in [0.717, 1.165) is 24.9 Å². The third-order valence-electron chi connectivity index (χ3n) is 4.50. The molecule has 2 amide bonds. The molecule has 0 aromatic heterocycles. The lowest BCUT2D eigenvalue weighted by molar-refractivity contribution is -0.130. The Labute approximate surface area is 154 Å². The molecule has 5 nitrogen and oxygen atoms in total. The van der Waals surface area contributed by atoms with Crippen LogP contribution in [0.4, 0.5) is 4.79 Å². The monoisotopic (exact) mass is 366 g/mol. The lowest BCUT2D eigenvalue weighted by Gasteiger charge is -2.36. The Morgan fingerprint density at radius 1 is 1.32 bits per heavy atom. The number of amides is 2. The zero-order valence-electron chi connectivity index (χ0n) is 15.0. The van der Waals surface area contributed by atoms with E-state index >= 15 is 0 Å². The molecule has 0 N–H and O–H groups in total. The molecule has 1 aliphatic heterocycles. The van der Waals surface area contributed by atoms with Gasteiger partial charge in [-0.3, -0.25) is 4.79 Å². The van der Waals surface area contributed by atoms with Gasteiger partial charge in [-0.1, -0.05) is 30.3 Å². The van der Waals surface area contributed by atoms with Gasteiger partial charge in [-0.2, -0.15) is 0 Å². The molecule has 1 saturated heterocycles. The van der Waals surface area contributed by atoms with E-state index in [2.05, 4.69) is 0 Å². The lowest BCUT2D eigenvalue weighted by atomic mass is 9.97. The van der Waals surface area contributed by atoms with Crippen molar-refractivity contribution in [2.45, 2.75) is 39.3 Å². The highest BCUT2D eigenvalue weighted by atomic mass is 35.5. The van der Waals surface area contributed by atoms with Crippen molar-refractivity contribution < 1.29 is 14.3 Å². The number of alkyl halides is 1. The molecule has 0 aliphatic carbocycles. The van der Waals surface area contributed by atoms with E-state index < -0.39 is 0 Å². The Hall–Kier alpha value is -1.75. The van der Waals surface area contributed by atoms with Gasteiger partial charge in [0.1, 0.15) is 12.5 Å². The van der Waals surface area contributed by atoms with E-state index in [4.69, 9.17) is 16.3 Å². The summed E-state index contributed by atoms with van der Waals surface area (Å²) in [6.45, 7) is 6.23. The normalized spacial score (nSPS) is 17.4. The molecule has 1 heterocycles. The van der Waals surface area contributed by atoms with Crippen molar-refractivity contribution in [3.63, 3.8) is 0 Å². The molecule has 1 aliphatic rings. The molecule has 1 fully saturated rings. The van der Waals surface area contributed by atoms with Crippen molar-refractivity contribution in [1.82, 2.24) is 9.80 Å². The number of carbonyl (C=O) groups is 2. The van der Waals surface area contributed by atoms with Crippen LogP contribution in [0.15, 0.2) is 30.3 Å². The quantitative estimate of drug-likeness (QED) is 0.724. The molecular formula is C19H27ClN2O3. The molecule has 0 spiro atoms. The van der Waals surface area contributed by atoms with Gasteiger partial charge in [0.25, 0.3) is 0 Å². The van der Waals surface area contributed by atoms with Crippen molar-refractivity contribution in [3.8, 4) is 0 Å². The van der Waals surface area contributed by atoms with Crippen LogP contribution in [0.1, 0.15) is 32.3 Å². The first kappa shape index (κ1) is 19.6. The number of carbonyl (C=O) groups excluding carboxylic acids is 2. The molecule has 0 bridgehead atoms. The van der Waals surface area contributed by atoms with Crippen LogP contribution in [-0.2, 0) is 16.1 Å². The summed E-state index contributed by atoms with van der Waals surface area (Å²) in [7, 11) is 0. The van der Waals surface area contributed by atoms with Gasteiger partial charge in [-0.15, -0.1) is 11.6 Å². The first-order chi connectivity index (χ1) is 12.0. The van der Waals surface area contributed by atoms with Gasteiger partial charge in [0.05, 0.1) is 0 Å². The highest BCUT2D eigenvalue weighted by Crippen LogP contribution is 2.20. The van der Waals surface area contributed by atoms with Crippen LogP contribution < -0.4 is 0 Å². The van der Waals surface area contributed by atoms with Gasteiger partial charge < -0.3 is 14.5 Å². The Morgan fingerprint density at radius 2 is 2.04 bits per heavy atom. The van der Waals surface area contributed by atoms with E-state index in [-0.39, 0.29) is 36.4 Å². The Bertz CT molecular complexity index is 565. The fourth-order valence-electron chi connectivity index (χ4n) is 3.10. The number of piperidine rings is 1. The summed E-state index contributed by atoms with van der Waals surface area (Å²) in [6, 6.07) is 9.69. The molecule has 1 aromatic rings. The van der Waals surface area contributed by atoms with Crippen molar-refractivity contribution in [2.24, 2.45) is 5.92 Å². The fourth-order valence-corrected chi connectivity index (χ4v) is 3.27. The molecule has 1 aromatic carbocycles. The summed E-state index contributed by atoms with van der Waals surface area (Å²) < 4.78 is 5.47. The number of likely N-dealkylation sites (tertiary alicyclic amines) is 1. The molecule has 0 radical (unpaired) electrons. The van der Waals surface area contributed by atoms with Gasteiger partial charge >= 0.3 is 6.09 Å². The average Bonchev–Trinajstić information content (AvgIpc) is 2.64. The molecule has 1 atom stereocenters. The molecule has 6 heteroatoms. The minimum absolute atomic E-state index is 0.0136. The zero-order chi connectivity index (χ0) is 18.2. The molecule has 0 unspecified atom stereocenters. The van der Waals surface area contributed by atoms with Gasteiger partial charge in [0.2, 0.25) is 5.91 Å². The molecule has 138 valence electrons. The van der Waals surface area contributed by atoms with Crippen LogP contribution in [0.5, 0.6) is 0 Å². The number of halogens is 1. The highest BCUT2D eigenvalue weighted by molar-refractivity contribution is 6.27. The van der Waals surface area contributed by atoms with Crippen LogP contribution in [0.25, 0.3) is 0 Å². The maximum atomic E-state index is 12.5. The lowest BCUT2D eigenvalue weighted by Crippen LogP contribution is -2.47. The summed E-state index contributed by atoms with van der Waals surface area (Å²) in [5.74, 6) is 0.237. The van der Waals surface area contributed by atoms with Crippen LogP contribution in [-0.4, -0.2) is 53.4 Å². The van der Waals surface area contributed by atoms with E-state index in [0.29, 0.717) is 13.1 Å². The Kier molecular flexibility index (Phi) is 7.56. The summed E-state index contributed by atoms with van der Waals surface area (Å²) >= 11 is 5.66. The van der Waals surface area contributed by atoms with Crippen LogP contribution >= 0.6 is 11.6 Å². The van der Waals surface area contributed by atoms with Crippen molar-refractivity contribution in [1.29, 1.82) is 0 Å². The van der Waals surface area contributed by atoms with E-state index in [1.54, 1.807) is 9.80 Å². The number of ether oxygens (including phenoxy) is 1. The molecular weight excluding hydrogens is 340 g/mol. The van der Waals surface area contributed by atoms with Crippen LogP contribution in [0.3, 0.4) is 0 Å². The second kappa shape index (κ2) is 9.66. The van der Waals surface area contributed by atoms with Gasteiger partial charge in [0.15, 0.2) is 0 Å². The van der Waals surface area contributed by atoms with Crippen molar-refractivity contribution >= 4 is 23.6 Å². The highest BCUT2D eigenvalue weighted by Gasteiger charge is 2.28. The summed E-state index contributed by atoms with van der Waals surface area (Å²) in [5, 5.41) is 0. The van der Waals surface area contributed by atoms with Gasteiger partial charge in [-0.05, 0) is 38.2 Å². The number of hydrogen-bond donors (Lipinski definition) is 0.